The minimum absolute atomic E-state index is 0.0985. The van der Waals surface area contributed by atoms with Crippen LogP contribution in [-0.4, -0.2) is 42.2 Å². The van der Waals surface area contributed by atoms with Gasteiger partial charge in [-0.2, -0.15) is 0 Å². The van der Waals surface area contributed by atoms with Crippen LogP contribution in [0.15, 0.2) is 24.3 Å². The molecule has 18 heavy (non-hydrogen) atoms. The highest BCUT2D eigenvalue weighted by atomic mass is 16.3. The number of rotatable bonds is 6. The summed E-state index contributed by atoms with van der Waals surface area (Å²) in [5.74, 6) is -0.0985. The lowest BCUT2D eigenvalue weighted by molar-refractivity contribution is -0.117. The Hall–Kier alpha value is -1.43. The van der Waals surface area contributed by atoms with Gasteiger partial charge < -0.3 is 16.2 Å². The lowest BCUT2D eigenvalue weighted by atomic mass is 10.2. The molecule has 1 aromatic rings. The summed E-state index contributed by atoms with van der Waals surface area (Å²) in [5, 5.41) is 12.0. The van der Waals surface area contributed by atoms with Crippen LogP contribution in [0.5, 0.6) is 0 Å². The van der Waals surface area contributed by atoms with Crippen molar-refractivity contribution in [1.29, 1.82) is 0 Å². The number of nitrogens with two attached hydrogens (primary N) is 1. The van der Waals surface area contributed by atoms with Gasteiger partial charge in [0.1, 0.15) is 0 Å². The van der Waals surface area contributed by atoms with Gasteiger partial charge in [0.25, 0.3) is 0 Å². The van der Waals surface area contributed by atoms with Gasteiger partial charge in [-0.1, -0.05) is 12.1 Å². The van der Waals surface area contributed by atoms with E-state index in [1.54, 1.807) is 18.9 Å². The third kappa shape index (κ3) is 5.27. The molecule has 0 aromatic heterocycles. The fourth-order valence-corrected chi connectivity index (χ4v) is 1.69. The molecule has 1 rings (SSSR count). The maximum Gasteiger partial charge on any atom is 0.238 e. The summed E-state index contributed by atoms with van der Waals surface area (Å²) >= 11 is 0. The van der Waals surface area contributed by atoms with Crippen molar-refractivity contribution in [3.05, 3.63) is 29.8 Å². The van der Waals surface area contributed by atoms with Crippen LogP contribution in [0.4, 0.5) is 5.69 Å². The highest BCUT2D eigenvalue weighted by Crippen LogP contribution is 2.08. The fourth-order valence-electron chi connectivity index (χ4n) is 1.69. The third-order valence-corrected chi connectivity index (χ3v) is 2.46. The number of nitrogens with zero attached hydrogens (tertiary/aromatic N) is 1. The number of hydrogen-bond donors (Lipinski definition) is 3. The Labute approximate surface area is 108 Å². The van der Waals surface area contributed by atoms with E-state index in [0.717, 1.165) is 11.3 Å². The highest BCUT2D eigenvalue weighted by Gasteiger charge is 2.08. The molecular formula is C13H21N3O2. The number of hydrogen-bond acceptors (Lipinski definition) is 4. The Morgan fingerprint density at radius 1 is 1.44 bits per heavy atom. The van der Waals surface area contributed by atoms with E-state index in [1.807, 2.05) is 24.3 Å². The van der Waals surface area contributed by atoms with Gasteiger partial charge in [0.2, 0.25) is 5.91 Å². The Morgan fingerprint density at radius 3 is 2.56 bits per heavy atom. The number of likely N-dealkylation sites (N-methyl/N-ethyl adjacent to an activating group) is 1. The van der Waals surface area contributed by atoms with Crippen LogP contribution in [0, 0.1) is 0 Å². The van der Waals surface area contributed by atoms with Crippen molar-refractivity contribution in [2.45, 2.75) is 19.6 Å². The molecule has 0 aliphatic heterocycles. The molecule has 0 heterocycles. The van der Waals surface area contributed by atoms with Gasteiger partial charge >= 0.3 is 0 Å². The summed E-state index contributed by atoms with van der Waals surface area (Å²) in [5.41, 5.74) is 7.28. The molecule has 5 heteroatoms. The number of benzene rings is 1. The second kappa shape index (κ2) is 7.10. The van der Waals surface area contributed by atoms with Crippen molar-refractivity contribution < 1.29 is 9.90 Å². The Balaban J connectivity index is 2.43. The molecule has 1 atom stereocenters. The minimum atomic E-state index is -0.438. The molecule has 5 nitrogen and oxygen atoms in total. The second-order valence-electron chi connectivity index (χ2n) is 4.49. The van der Waals surface area contributed by atoms with Crippen molar-refractivity contribution in [3.8, 4) is 0 Å². The molecule has 0 saturated heterocycles. The molecule has 0 radical (unpaired) electrons. The zero-order valence-corrected chi connectivity index (χ0v) is 10.9. The third-order valence-electron chi connectivity index (χ3n) is 2.46. The molecule has 0 aliphatic rings. The van der Waals surface area contributed by atoms with Crippen molar-refractivity contribution >= 4 is 11.6 Å². The molecule has 0 bridgehead atoms. The van der Waals surface area contributed by atoms with Crippen LogP contribution in [-0.2, 0) is 11.3 Å². The molecule has 0 spiro atoms. The summed E-state index contributed by atoms with van der Waals surface area (Å²) in [6.45, 7) is 2.91. The number of carbonyl (C=O) groups is 1. The van der Waals surface area contributed by atoms with Crippen LogP contribution in [0.2, 0.25) is 0 Å². The maximum absolute atomic E-state index is 11.7. The fraction of sp³-hybridized carbons (Fsp3) is 0.462. The van der Waals surface area contributed by atoms with Crippen molar-refractivity contribution in [3.63, 3.8) is 0 Å². The zero-order chi connectivity index (χ0) is 13.5. The van der Waals surface area contributed by atoms with Crippen LogP contribution < -0.4 is 11.1 Å². The molecule has 0 fully saturated rings. The van der Waals surface area contributed by atoms with Crippen LogP contribution in [0.3, 0.4) is 0 Å². The first kappa shape index (κ1) is 14.6. The van der Waals surface area contributed by atoms with Crippen LogP contribution in [0.1, 0.15) is 12.5 Å². The van der Waals surface area contributed by atoms with E-state index in [-0.39, 0.29) is 12.5 Å². The number of nitrogens with one attached hydrogen (secondary N) is 1. The average molecular weight is 251 g/mol. The number of carbonyl (C=O) groups excluding carboxylic acids is 1. The maximum atomic E-state index is 11.7. The van der Waals surface area contributed by atoms with Gasteiger partial charge in [0.05, 0.1) is 12.6 Å². The number of aliphatic hydroxyl groups excluding tert-OH is 1. The highest BCUT2D eigenvalue weighted by molar-refractivity contribution is 5.92. The van der Waals surface area contributed by atoms with Crippen molar-refractivity contribution in [2.75, 3.05) is 25.5 Å². The molecule has 100 valence electrons. The molecule has 1 unspecified atom stereocenters. The predicted octanol–water partition coefficient (Wildman–Crippen LogP) is 0.396. The SMILES string of the molecule is CC(O)CN(C)CC(=O)Nc1ccc(CN)cc1. The van der Waals surface area contributed by atoms with Gasteiger partial charge in [-0.3, -0.25) is 9.69 Å². The Morgan fingerprint density at radius 2 is 2.06 bits per heavy atom. The lowest BCUT2D eigenvalue weighted by Gasteiger charge is -2.17. The first-order valence-corrected chi connectivity index (χ1v) is 5.96. The van der Waals surface area contributed by atoms with E-state index in [1.165, 1.54) is 0 Å². The topological polar surface area (TPSA) is 78.6 Å². The summed E-state index contributed by atoms with van der Waals surface area (Å²) in [7, 11) is 1.80. The second-order valence-corrected chi connectivity index (χ2v) is 4.49. The van der Waals surface area contributed by atoms with E-state index in [9.17, 15) is 9.90 Å². The number of anilines is 1. The summed E-state index contributed by atoms with van der Waals surface area (Å²) < 4.78 is 0. The smallest absolute Gasteiger partial charge is 0.238 e. The van der Waals surface area contributed by atoms with Gasteiger partial charge in [0, 0.05) is 18.8 Å². The Bertz CT molecular complexity index is 376. The molecule has 1 aromatic carbocycles. The summed E-state index contributed by atoms with van der Waals surface area (Å²) in [6.07, 6.45) is -0.438. The van der Waals surface area contributed by atoms with Crippen LogP contribution >= 0.6 is 0 Å². The van der Waals surface area contributed by atoms with E-state index in [2.05, 4.69) is 5.32 Å². The van der Waals surface area contributed by atoms with Gasteiger partial charge in [0.15, 0.2) is 0 Å². The van der Waals surface area contributed by atoms with E-state index in [4.69, 9.17) is 5.73 Å². The number of aliphatic hydroxyl groups is 1. The molecular weight excluding hydrogens is 230 g/mol. The summed E-state index contributed by atoms with van der Waals surface area (Å²) in [6, 6.07) is 7.42. The molecule has 4 N–H and O–H groups in total. The monoisotopic (exact) mass is 251 g/mol. The predicted molar refractivity (Wildman–Crippen MR) is 72.1 cm³/mol. The molecule has 0 saturated carbocycles. The normalized spacial score (nSPS) is 12.5. The first-order valence-electron chi connectivity index (χ1n) is 5.96. The number of amides is 1. The van der Waals surface area contributed by atoms with E-state index in [0.29, 0.717) is 13.1 Å². The van der Waals surface area contributed by atoms with Gasteiger partial charge in [-0.25, -0.2) is 0 Å². The van der Waals surface area contributed by atoms with Crippen molar-refractivity contribution in [1.82, 2.24) is 4.90 Å². The largest absolute Gasteiger partial charge is 0.392 e. The standard InChI is InChI=1S/C13H21N3O2/c1-10(17)8-16(2)9-13(18)15-12-5-3-11(7-14)4-6-12/h3-6,10,17H,7-9,14H2,1-2H3,(H,15,18). The van der Waals surface area contributed by atoms with E-state index >= 15 is 0 Å². The first-order chi connectivity index (χ1) is 8.51. The van der Waals surface area contributed by atoms with Gasteiger partial charge in [-0.05, 0) is 31.7 Å². The van der Waals surface area contributed by atoms with Gasteiger partial charge in [-0.15, -0.1) is 0 Å². The van der Waals surface area contributed by atoms with Crippen molar-refractivity contribution in [2.24, 2.45) is 5.73 Å². The Kier molecular flexibility index (Phi) is 5.77. The summed E-state index contributed by atoms with van der Waals surface area (Å²) in [4.78, 5) is 13.5. The molecule has 1 amide bonds. The quantitative estimate of drug-likeness (QED) is 0.683. The lowest BCUT2D eigenvalue weighted by Crippen LogP contribution is -2.34. The van der Waals surface area contributed by atoms with E-state index < -0.39 is 6.10 Å². The van der Waals surface area contributed by atoms with Crippen LogP contribution in [0.25, 0.3) is 0 Å². The minimum Gasteiger partial charge on any atom is -0.392 e. The molecule has 0 aliphatic carbocycles. The average Bonchev–Trinajstić information content (AvgIpc) is 2.28. The zero-order valence-electron chi connectivity index (χ0n) is 10.9.